The maximum Gasteiger partial charge on any atom is 0.342 e. The van der Waals surface area contributed by atoms with Gasteiger partial charge in [-0.05, 0) is 5.56 Å². The van der Waals surface area contributed by atoms with Crippen molar-refractivity contribution < 1.29 is 19.1 Å². The van der Waals surface area contributed by atoms with Crippen molar-refractivity contribution in [3.63, 3.8) is 0 Å². The van der Waals surface area contributed by atoms with E-state index in [0.29, 0.717) is 18.8 Å². The van der Waals surface area contributed by atoms with Gasteiger partial charge in [0.05, 0.1) is 6.54 Å². The zero-order chi connectivity index (χ0) is 20.9. The molecule has 3 amide bonds. The Kier molecular flexibility index (Phi) is 5.56. The highest BCUT2D eigenvalue weighted by atomic mass is 16.5. The highest BCUT2D eigenvalue weighted by molar-refractivity contribution is 5.99. The van der Waals surface area contributed by atoms with Crippen LogP contribution in [0, 0.1) is 0 Å². The normalized spacial score (nSPS) is 13.2. The molecule has 3 aromatic rings. The molecule has 0 atom stereocenters. The van der Waals surface area contributed by atoms with Crippen LogP contribution in [0.3, 0.4) is 0 Å². The molecule has 8 heteroatoms. The molecule has 0 bridgehead atoms. The monoisotopic (exact) mass is 404 g/mol. The zero-order valence-electron chi connectivity index (χ0n) is 16.2. The summed E-state index contributed by atoms with van der Waals surface area (Å²) in [6.07, 6.45) is 1.62. The summed E-state index contributed by atoms with van der Waals surface area (Å²) in [6.45, 7) is 0.633. The molecule has 1 aromatic heterocycles. The third kappa shape index (κ3) is 4.22. The number of carbonyl (C=O) groups excluding carboxylic acids is 3. The Hall–Kier alpha value is -3.94. The molecule has 8 nitrogen and oxygen atoms in total. The number of aromatic nitrogens is 2. The lowest BCUT2D eigenvalue weighted by atomic mass is 10.1. The van der Waals surface area contributed by atoms with Crippen LogP contribution in [0.2, 0.25) is 0 Å². The average molecular weight is 404 g/mol. The van der Waals surface area contributed by atoms with Crippen molar-refractivity contribution in [1.82, 2.24) is 20.0 Å². The molecule has 0 aliphatic carbocycles. The van der Waals surface area contributed by atoms with Crippen LogP contribution in [0.15, 0.2) is 66.9 Å². The standard InChI is InChI=1S/C22H20N4O4/c27-19(26-12-11-23-22(26)29)15-30-21(28)18-14-25(13-16-7-3-1-4-8-16)24-20(18)17-9-5-2-6-10-17/h1-10,14H,11-13,15H2,(H,23,29). The number of esters is 1. The second kappa shape index (κ2) is 8.60. The molecule has 1 aliphatic rings. The highest BCUT2D eigenvalue weighted by Crippen LogP contribution is 2.23. The summed E-state index contributed by atoms with van der Waals surface area (Å²) in [6, 6.07) is 18.6. The van der Waals surface area contributed by atoms with Crippen molar-refractivity contribution in [2.45, 2.75) is 6.54 Å². The number of nitrogens with one attached hydrogen (secondary N) is 1. The van der Waals surface area contributed by atoms with Gasteiger partial charge in [-0.25, -0.2) is 9.59 Å². The van der Waals surface area contributed by atoms with Crippen molar-refractivity contribution in [1.29, 1.82) is 0 Å². The number of urea groups is 1. The van der Waals surface area contributed by atoms with Gasteiger partial charge < -0.3 is 10.1 Å². The zero-order valence-corrected chi connectivity index (χ0v) is 16.2. The molecule has 2 aromatic carbocycles. The predicted molar refractivity (Wildman–Crippen MR) is 109 cm³/mol. The molecule has 0 spiro atoms. The molecule has 30 heavy (non-hydrogen) atoms. The first-order chi connectivity index (χ1) is 14.6. The molecule has 0 radical (unpaired) electrons. The fourth-order valence-electron chi connectivity index (χ4n) is 3.22. The molecule has 0 saturated carbocycles. The van der Waals surface area contributed by atoms with Gasteiger partial charge in [-0.2, -0.15) is 5.10 Å². The van der Waals surface area contributed by atoms with E-state index >= 15 is 0 Å². The van der Waals surface area contributed by atoms with E-state index in [0.717, 1.165) is 16.0 Å². The number of amides is 3. The second-order valence-corrected chi connectivity index (χ2v) is 6.79. The lowest BCUT2D eigenvalue weighted by Gasteiger charge is -2.12. The number of carbonyl (C=O) groups is 3. The van der Waals surface area contributed by atoms with Crippen LogP contribution < -0.4 is 5.32 Å². The van der Waals surface area contributed by atoms with Crippen molar-refractivity contribution in [3.05, 3.63) is 78.0 Å². The molecule has 2 heterocycles. The van der Waals surface area contributed by atoms with Gasteiger partial charge in [0.25, 0.3) is 5.91 Å². The Balaban J connectivity index is 1.55. The Labute approximate surface area is 173 Å². The van der Waals surface area contributed by atoms with Crippen LogP contribution >= 0.6 is 0 Å². The Morgan fingerprint density at radius 3 is 2.40 bits per heavy atom. The van der Waals surface area contributed by atoms with E-state index < -0.39 is 24.5 Å². The minimum absolute atomic E-state index is 0.260. The number of imide groups is 1. The molecule has 152 valence electrons. The second-order valence-electron chi connectivity index (χ2n) is 6.79. The van der Waals surface area contributed by atoms with Crippen LogP contribution in [0.25, 0.3) is 11.3 Å². The number of nitrogens with zero attached hydrogens (tertiary/aromatic N) is 3. The topological polar surface area (TPSA) is 93.5 Å². The van der Waals surface area contributed by atoms with E-state index in [1.54, 1.807) is 10.9 Å². The highest BCUT2D eigenvalue weighted by Gasteiger charge is 2.27. The molecule has 4 rings (SSSR count). The summed E-state index contributed by atoms with van der Waals surface area (Å²) in [4.78, 5) is 37.5. The molecule has 1 aliphatic heterocycles. The van der Waals surface area contributed by atoms with Gasteiger partial charge >= 0.3 is 12.0 Å². The van der Waals surface area contributed by atoms with Crippen LogP contribution in [-0.2, 0) is 16.1 Å². The van der Waals surface area contributed by atoms with Crippen molar-refractivity contribution in [2.24, 2.45) is 0 Å². The van der Waals surface area contributed by atoms with Crippen molar-refractivity contribution >= 4 is 17.9 Å². The van der Waals surface area contributed by atoms with Crippen LogP contribution in [-0.4, -0.2) is 52.3 Å². The van der Waals surface area contributed by atoms with Crippen LogP contribution in [0.4, 0.5) is 4.79 Å². The van der Waals surface area contributed by atoms with E-state index in [-0.39, 0.29) is 12.1 Å². The maximum atomic E-state index is 12.8. The smallest absolute Gasteiger partial charge is 0.342 e. The summed E-state index contributed by atoms with van der Waals surface area (Å²) >= 11 is 0. The van der Waals surface area contributed by atoms with Crippen LogP contribution in [0.1, 0.15) is 15.9 Å². The van der Waals surface area contributed by atoms with Crippen LogP contribution in [0.5, 0.6) is 0 Å². The SMILES string of the molecule is O=C(OCC(=O)N1CCNC1=O)c1cn(Cc2ccccc2)nc1-c1ccccc1. The average Bonchev–Trinajstić information content (AvgIpc) is 3.39. The quantitative estimate of drug-likeness (QED) is 0.637. The maximum absolute atomic E-state index is 12.8. The number of hydrogen-bond donors (Lipinski definition) is 1. The molecule has 1 fully saturated rings. The van der Waals surface area contributed by atoms with Gasteiger partial charge in [0.15, 0.2) is 6.61 Å². The third-order valence-electron chi connectivity index (χ3n) is 4.70. The van der Waals surface area contributed by atoms with Gasteiger partial charge in [0.2, 0.25) is 0 Å². The Morgan fingerprint density at radius 1 is 1.03 bits per heavy atom. The summed E-state index contributed by atoms with van der Waals surface area (Å²) in [5.41, 5.74) is 2.54. The molecule has 1 N–H and O–H groups in total. The predicted octanol–water partition coefficient (Wildman–Crippen LogP) is 2.31. The number of hydrogen-bond acceptors (Lipinski definition) is 5. The van der Waals surface area contributed by atoms with Gasteiger partial charge in [0, 0.05) is 24.8 Å². The van der Waals surface area contributed by atoms with E-state index in [4.69, 9.17) is 4.74 Å². The van der Waals surface area contributed by atoms with Crippen molar-refractivity contribution in [3.8, 4) is 11.3 Å². The number of ether oxygens (including phenoxy) is 1. The number of benzene rings is 2. The molecular formula is C22H20N4O4. The number of rotatable bonds is 6. The fraction of sp³-hybridized carbons (Fsp3) is 0.182. The summed E-state index contributed by atoms with van der Waals surface area (Å²) < 4.78 is 6.88. The fourth-order valence-corrected chi connectivity index (χ4v) is 3.22. The van der Waals surface area contributed by atoms with Crippen molar-refractivity contribution in [2.75, 3.05) is 19.7 Å². The largest absolute Gasteiger partial charge is 0.452 e. The first-order valence-corrected chi connectivity index (χ1v) is 9.54. The Bertz CT molecular complexity index is 1060. The van der Waals surface area contributed by atoms with E-state index in [1.165, 1.54) is 0 Å². The Morgan fingerprint density at radius 2 is 1.73 bits per heavy atom. The first-order valence-electron chi connectivity index (χ1n) is 9.54. The summed E-state index contributed by atoms with van der Waals surface area (Å²) in [5, 5.41) is 7.11. The van der Waals surface area contributed by atoms with E-state index in [1.807, 2.05) is 60.7 Å². The minimum Gasteiger partial charge on any atom is -0.452 e. The van der Waals surface area contributed by atoms with E-state index in [9.17, 15) is 14.4 Å². The lowest BCUT2D eigenvalue weighted by Crippen LogP contribution is -2.37. The molecule has 1 saturated heterocycles. The van der Waals surface area contributed by atoms with Gasteiger partial charge in [-0.3, -0.25) is 14.4 Å². The lowest BCUT2D eigenvalue weighted by molar-refractivity contribution is -0.130. The van der Waals surface area contributed by atoms with Gasteiger partial charge in [-0.15, -0.1) is 0 Å². The molecule has 0 unspecified atom stereocenters. The minimum atomic E-state index is -0.666. The third-order valence-corrected chi connectivity index (χ3v) is 4.70. The summed E-state index contributed by atoms with van der Waals surface area (Å²) in [5.74, 6) is -1.22. The first kappa shape index (κ1) is 19.4. The van der Waals surface area contributed by atoms with Gasteiger partial charge in [-0.1, -0.05) is 60.7 Å². The molecular weight excluding hydrogens is 384 g/mol. The van der Waals surface area contributed by atoms with E-state index in [2.05, 4.69) is 10.4 Å². The summed E-state index contributed by atoms with van der Waals surface area (Å²) in [7, 11) is 0. The van der Waals surface area contributed by atoms with Gasteiger partial charge in [0.1, 0.15) is 11.3 Å².